The molecule has 0 bridgehead atoms. The molecule has 1 aromatic carbocycles. The van der Waals surface area contributed by atoms with Gasteiger partial charge in [0.25, 0.3) is 5.91 Å². The monoisotopic (exact) mass is 253 g/mol. The molecular weight excluding hydrogens is 246 g/mol. The Kier molecular flexibility index (Phi) is 3.55. The molecular formula is C10H8BrNO2. The number of nitrogens with one attached hydrogen (secondary N) is 1. The maximum atomic E-state index is 11.4. The second kappa shape index (κ2) is 4.68. The van der Waals surface area contributed by atoms with Gasteiger partial charge in [-0.25, -0.2) is 0 Å². The molecule has 0 heterocycles. The number of rotatable bonds is 2. The predicted molar refractivity (Wildman–Crippen MR) is 57.0 cm³/mol. The van der Waals surface area contributed by atoms with Crippen molar-refractivity contribution in [1.82, 2.24) is 5.32 Å². The maximum Gasteiger partial charge on any atom is 0.255 e. The molecule has 3 nitrogen and oxygen atoms in total. The molecule has 14 heavy (non-hydrogen) atoms. The predicted octanol–water partition coefficient (Wildman–Crippen LogP) is 1.52. The minimum absolute atomic E-state index is 0.0669. The molecule has 0 aliphatic rings. The number of phenolic OH excluding ortho intramolecular Hbond substituents is 1. The Balaban J connectivity index is 2.90. The van der Waals surface area contributed by atoms with Crippen LogP contribution < -0.4 is 5.32 Å². The van der Waals surface area contributed by atoms with Crippen LogP contribution in [0.15, 0.2) is 22.7 Å². The second-order valence-corrected chi connectivity index (χ2v) is 3.46. The fraction of sp³-hybridized carbons (Fsp3) is 0.100. The number of hydrogen-bond acceptors (Lipinski definition) is 2. The molecule has 0 aromatic heterocycles. The van der Waals surface area contributed by atoms with Crippen molar-refractivity contribution in [1.29, 1.82) is 0 Å². The van der Waals surface area contributed by atoms with Crippen LogP contribution in [0.4, 0.5) is 0 Å². The molecule has 0 radical (unpaired) electrons. The fourth-order valence-corrected chi connectivity index (χ4v) is 1.28. The van der Waals surface area contributed by atoms with Gasteiger partial charge in [0, 0.05) is 4.47 Å². The van der Waals surface area contributed by atoms with Gasteiger partial charge < -0.3 is 10.4 Å². The van der Waals surface area contributed by atoms with E-state index < -0.39 is 0 Å². The highest BCUT2D eigenvalue weighted by Gasteiger charge is 2.09. The second-order valence-electron chi connectivity index (χ2n) is 2.55. The van der Waals surface area contributed by atoms with Crippen LogP contribution in [0, 0.1) is 12.3 Å². The van der Waals surface area contributed by atoms with Gasteiger partial charge in [0.2, 0.25) is 0 Å². The van der Waals surface area contributed by atoms with Crippen molar-refractivity contribution in [3.05, 3.63) is 28.2 Å². The third-order valence-corrected chi connectivity index (χ3v) is 2.05. The summed E-state index contributed by atoms with van der Waals surface area (Å²) in [6.07, 6.45) is 4.99. The van der Waals surface area contributed by atoms with E-state index in [4.69, 9.17) is 6.42 Å². The number of amides is 1. The SMILES string of the molecule is C#CCNC(=O)c1cc(Br)ccc1O. The lowest BCUT2D eigenvalue weighted by Gasteiger charge is -2.04. The van der Waals surface area contributed by atoms with Crippen molar-refractivity contribution in [2.75, 3.05) is 6.54 Å². The number of aromatic hydroxyl groups is 1. The molecule has 0 saturated heterocycles. The highest BCUT2D eigenvalue weighted by molar-refractivity contribution is 9.10. The number of hydrogen-bond donors (Lipinski definition) is 2. The Morgan fingerprint density at radius 2 is 2.36 bits per heavy atom. The Morgan fingerprint density at radius 3 is 3.00 bits per heavy atom. The molecule has 0 atom stereocenters. The number of carbonyl (C=O) groups is 1. The maximum absolute atomic E-state index is 11.4. The van der Waals surface area contributed by atoms with E-state index in [9.17, 15) is 9.90 Å². The van der Waals surface area contributed by atoms with Gasteiger partial charge in [-0.2, -0.15) is 0 Å². The minimum atomic E-state index is -0.387. The van der Waals surface area contributed by atoms with E-state index in [1.54, 1.807) is 6.07 Å². The summed E-state index contributed by atoms with van der Waals surface area (Å²) < 4.78 is 0.723. The lowest BCUT2D eigenvalue weighted by molar-refractivity contribution is 0.0956. The van der Waals surface area contributed by atoms with Crippen molar-refractivity contribution < 1.29 is 9.90 Å². The zero-order valence-corrected chi connectivity index (χ0v) is 8.84. The van der Waals surface area contributed by atoms with Crippen LogP contribution in [0.1, 0.15) is 10.4 Å². The highest BCUT2D eigenvalue weighted by Crippen LogP contribution is 2.21. The van der Waals surface area contributed by atoms with Crippen LogP contribution in [0.5, 0.6) is 5.75 Å². The highest BCUT2D eigenvalue weighted by atomic mass is 79.9. The quantitative estimate of drug-likeness (QED) is 0.786. The van der Waals surface area contributed by atoms with Gasteiger partial charge in [0.1, 0.15) is 5.75 Å². The van der Waals surface area contributed by atoms with Gasteiger partial charge >= 0.3 is 0 Å². The van der Waals surface area contributed by atoms with E-state index in [0.29, 0.717) is 0 Å². The van der Waals surface area contributed by atoms with Crippen LogP contribution in [0.3, 0.4) is 0 Å². The average molecular weight is 254 g/mol. The molecule has 1 amide bonds. The van der Waals surface area contributed by atoms with Crippen molar-refractivity contribution in [2.45, 2.75) is 0 Å². The van der Waals surface area contributed by atoms with E-state index in [1.807, 2.05) is 0 Å². The molecule has 0 aliphatic carbocycles. The van der Waals surface area contributed by atoms with Gasteiger partial charge in [-0.3, -0.25) is 4.79 Å². The summed E-state index contributed by atoms with van der Waals surface area (Å²) in [6.45, 7) is 0.144. The largest absolute Gasteiger partial charge is 0.507 e. The Morgan fingerprint density at radius 1 is 1.64 bits per heavy atom. The summed E-state index contributed by atoms with van der Waals surface area (Å²) in [5.74, 6) is 1.82. The van der Waals surface area contributed by atoms with E-state index >= 15 is 0 Å². The van der Waals surface area contributed by atoms with Crippen LogP contribution in [0.25, 0.3) is 0 Å². The Bertz CT molecular complexity index is 396. The molecule has 1 aromatic rings. The molecule has 2 N–H and O–H groups in total. The van der Waals surface area contributed by atoms with Crippen LogP contribution in [-0.2, 0) is 0 Å². The minimum Gasteiger partial charge on any atom is -0.507 e. The molecule has 1 rings (SSSR count). The lowest BCUT2D eigenvalue weighted by atomic mass is 10.2. The summed E-state index contributed by atoms with van der Waals surface area (Å²) in [7, 11) is 0. The standard InChI is InChI=1S/C10H8BrNO2/c1-2-5-12-10(14)8-6-7(11)3-4-9(8)13/h1,3-4,6,13H,5H2,(H,12,14). The first-order chi connectivity index (χ1) is 6.65. The number of carbonyl (C=O) groups excluding carboxylic acids is 1. The van der Waals surface area contributed by atoms with Crippen molar-refractivity contribution >= 4 is 21.8 Å². The molecule has 72 valence electrons. The van der Waals surface area contributed by atoms with Crippen LogP contribution in [-0.4, -0.2) is 17.6 Å². The Labute approximate surface area is 90.3 Å². The van der Waals surface area contributed by atoms with E-state index in [2.05, 4.69) is 27.2 Å². The zero-order chi connectivity index (χ0) is 10.6. The number of terminal acetylenes is 1. The van der Waals surface area contributed by atoms with E-state index in [1.165, 1.54) is 12.1 Å². The van der Waals surface area contributed by atoms with Gasteiger partial charge in [-0.1, -0.05) is 21.9 Å². The Hall–Kier alpha value is -1.47. The number of halogens is 1. The van der Waals surface area contributed by atoms with Crippen molar-refractivity contribution in [3.63, 3.8) is 0 Å². The van der Waals surface area contributed by atoms with Gasteiger partial charge in [-0.05, 0) is 18.2 Å². The summed E-state index contributed by atoms with van der Waals surface area (Å²) in [5, 5.41) is 11.8. The molecule has 0 unspecified atom stereocenters. The fourth-order valence-electron chi connectivity index (χ4n) is 0.917. The molecule has 0 spiro atoms. The molecule has 4 heteroatoms. The van der Waals surface area contributed by atoms with E-state index in [0.717, 1.165) is 4.47 Å². The van der Waals surface area contributed by atoms with Crippen molar-refractivity contribution in [3.8, 4) is 18.1 Å². The number of benzene rings is 1. The topological polar surface area (TPSA) is 49.3 Å². The average Bonchev–Trinajstić information content (AvgIpc) is 2.18. The molecule has 0 aliphatic heterocycles. The first-order valence-electron chi connectivity index (χ1n) is 3.85. The smallest absolute Gasteiger partial charge is 0.255 e. The first-order valence-corrected chi connectivity index (χ1v) is 4.64. The van der Waals surface area contributed by atoms with Crippen LogP contribution in [0.2, 0.25) is 0 Å². The normalized spacial score (nSPS) is 9.14. The summed E-state index contributed by atoms with van der Waals surface area (Å²) in [4.78, 5) is 11.4. The third-order valence-electron chi connectivity index (χ3n) is 1.55. The number of phenols is 1. The van der Waals surface area contributed by atoms with Gasteiger partial charge in [-0.15, -0.1) is 6.42 Å². The summed E-state index contributed by atoms with van der Waals surface area (Å²) >= 11 is 3.20. The summed E-state index contributed by atoms with van der Waals surface area (Å²) in [5.41, 5.74) is 0.203. The summed E-state index contributed by atoms with van der Waals surface area (Å²) in [6, 6.07) is 4.61. The third kappa shape index (κ3) is 2.51. The van der Waals surface area contributed by atoms with Crippen LogP contribution >= 0.6 is 15.9 Å². The van der Waals surface area contributed by atoms with Gasteiger partial charge in [0.15, 0.2) is 0 Å². The molecule has 0 fully saturated rings. The zero-order valence-electron chi connectivity index (χ0n) is 7.25. The molecule has 0 saturated carbocycles. The van der Waals surface area contributed by atoms with Gasteiger partial charge in [0.05, 0.1) is 12.1 Å². The lowest BCUT2D eigenvalue weighted by Crippen LogP contribution is -2.23. The van der Waals surface area contributed by atoms with Crippen molar-refractivity contribution in [2.24, 2.45) is 0 Å². The first kappa shape index (κ1) is 10.6. The van der Waals surface area contributed by atoms with E-state index in [-0.39, 0.29) is 23.8 Å².